The van der Waals surface area contributed by atoms with Gasteiger partial charge in [0.25, 0.3) is 5.91 Å². The molecule has 100 valence electrons. The second kappa shape index (κ2) is 5.81. The molecule has 0 bridgehead atoms. The highest BCUT2D eigenvalue weighted by Gasteiger charge is 2.25. The van der Waals surface area contributed by atoms with Crippen LogP contribution in [0.15, 0.2) is 18.3 Å². The van der Waals surface area contributed by atoms with Crippen molar-refractivity contribution < 1.29 is 4.79 Å². The first-order chi connectivity index (χ1) is 9.11. The molecule has 1 amide bonds. The highest BCUT2D eigenvalue weighted by molar-refractivity contribution is 5.92. The summed E-state index contributed by atoms with van der Waals surface area (Å²) < 4.78 is 0. The Morgan fingerprint density at radius 2 is 2.21 bits per heavy atom. The van der Waals surface area contributed by atoms with Gasteiger partial charge in [-0.2, -0.15) is 5.26 Å². The van der Waals surface area contributed by atoms with Crippen molar-refractivity contribution in [2.45, 2.75) is 25.8 Å². The molecule has 0 radical (unpaired) electrons. The monoisotopic (exact) mass is 258 g/mol. The first-order valence-electron chi connectivity index (χ1n) is 6.53. The molecular formula is C14H18N4O. The van der Waals surface area contributed by atoms with Crippen LogP contribution in [0.4, 0.5) is 0 Å². The van der Waals surface area contributed by atoms with E-state index in [1.807, 2.05) is 17.9 Å². The molecule has 1 unspecified atom stereocenters. The molecule has 5 nitrogen and oxygen atoms in total. The molecule has 0 saturated carbocycles. The molecule has 2 N–H and O–H groups in total. The molecular weight excluding hydrogens is 240 g/mol. The lowest BCUT2D eigenvalue weighted by atomic mass is 9.91. The molecule has 0 aromatic carbocycles. The minimum absolute atomic E-state index is 0.0624. The Morgan fingerprint density at radius 1 is 1.53 bits per heavy atom. The van der Waals surface area contributed by atoms with Crippen molar-refractivity contribution in [1.82, 2.24) is 9.88 Å². The van der Waals surface area contributed by atoms with Crippen molar-refractivity contribution >= 4 is 5.91 Å². The predicted octanol–water partition coefficient (Wildman–Crippen LogP) is 1.15. The number of piperidine rings is 1. The second-order valence-electron chi connectivity index (χ2n) is 5.03. The Kier molecular flexibility index (Phi) is 4.13. The zero-order valence-corrected chi connectivity index (χ0v) is 11.0. The van der Waals surface area contributed by atoms with E-state index in [9.17, 15) is 4.79 Å². The van der Waals surface area contributed by atoms with Gasteiger partial charge in [0, 0.05) is 25.3 Å². The fourth-order valence-electron chi connectivity index (χ4n) is 2.38. The third-order valence-corrected chi connectivity index (χ3v) is 3.68. The highest BCUT2D eigenvalue weighted by Crippen LogP contribution is 2.20. The number of amides is 1. The summed E-state index contributed by atoms with van der Waals surface area (Å²) in [6.45, 7) is 3.48. The van der Waals surface area contributed by atoms with Crippen LogP contribution in [0.2, 0.25) is 0 Å². The van der Waals surface area contributed by atoms with Crippen LogP contribution in [-0.2, 0) is 0 Å². The van der Waals surface area contributed by atoms with Crippen molar-refractivity contribution in [3.8, 4) is 6.07 Å². The lowest BCUT2D eigenvalue weighted by molar-refractivity contribution is 0.0675. The number of carbonyl (C=O) groups is 1. The molecule has 1 aliphatic heterocycles. The van der Waals surface area contributed by atoms with E-state index in [1.165, 1.54) is 6.20 Å². The summed E-state index contributed by atoms with van der Waals surface area (Å²) in [5.74, 6) is 0.436. The third-order valence-electron chi connectivity index (χ3n) is 3.68. The second-order valence-corrected chi connectivity index (χ2v) is 5.03. The number of nitrogens with zero attached hydrogens (tertiary/aromatic N) is 3. The molecule has 1 atom stereocenters. The van der Waals surface area contributed by atoms with Crippen LogP contribution in [0.3, 0.4) is 0 Å². The van der Waals surface area contributed by atoms with Crippen LogP contribution in [0.5, 0.6) is 0 Å². The van der Waals surface area contributed by atoms with Gasteiger partial charge in [-0.05, 0) is 37.8 Å². The van der Waals surface area contributed by atoms with Gasteiger partial charge in [-0.3, -0.25) is 4.79 Å². The maximum Gasteiger partial charge on any atom is 0.272 e. The standard InChI is InChI=1S/C14H18N4O/c1-10(16)12-4-6-18(7-5-12)14(19)13-3-2-11(8-15)9-17-13/h2-3,9-10,12H,4-7,16H2,1H3. The van der Waals surface area contributed by atoms with Crippen molar-refractivity contribution in [2.24, 2.45) is 11.7 Å². The van der Waals surface area contributed by atoms with E-state index in [1.54, 1.807) is 12.1 Å². The predicted molar refractivity (Wildman–Crippen MR) is 71.2 cm³/mol. The maximum atomic E-state index is 12.2. The lowest BCUT2D eigenvalue weighted by Crippen LogP contribution is -2.42. The van der Waals surface area contributed by atoms with E-state index in [-0.39, 0.29) is 11.9 Å². The van der Waals surface area contributed by atoms with Gasteiger partial charge in [0.1, 0.15) is 11.8 Å². The summed E-state index contributed by atoms with van der Waals surface area (Å²) in [6.07, 6.45) is 3.32. The van der Waals surface area contributed by atoms with Crippen molar-refractivity contribution in [3.05, 3.63) is 29.6 Å². The minimum Gasteiger partial charge on any atom is -0.337 e. The summed E-state index contributed by atoms with van der Waals surface area (Å²) in [4.78, 5) is 18.1. The van der Waals surface area contributed by atoms with Gasteiger partial charge < -0.3 is 10.6 Å². The van der Waals surface area contributed by atoms with Crippen LogP contribution in [0, 0.1) is 17.2 Å². The van der Waals surface area contributed by atoms with E-state index in [0.29, 0.717) is 17.2 Å². The average Bonchev–Trinajstić information content (AvgIpc) is 2.46. The SMILES string of the molecule is CC(N)C1CCN(C(=O)c2ccc(C#N)cn2)CC1. The molecule has 1 aromatic heterocycles. The van der Waals surface area contributed by atoms with Gasteiger partial charge in [-0.1, -0.05) is 0 Å². The topological polar surface area (TPSA) is 83.0 Å². The summed E-state index contributed by atoms with van der Waals surface area (Å²) in [5.41, 5.74) is 6.75. The maximum absolute atomic E-state index is 12.2. The van der Waals surface area contributed by atoms with E-state index in [0.717, 1.165) is 25.9 Å². The molecule has 1 fully saturated rings. The first-order valence-corrected chi connectivity index (χ1v) is 6.53. The fraction of sp³-hybridized carbons (Fsp3) is 0.500. The summed E-state index contributed by atoms with van der Waals surface area (Å²) in [5, 5.41) is 8.70. The van der Waals surface area contributed by atoms with Gasteiger partial charge in [-0.15, -0.1) is 0 Å². The first kappa shape index (κ1) is 13.5. The minimum atomic E-state index is -0.0624. The molecule has 1 saturated heterocycles. The van der Waals surface area contributed by atoms with Gasteiger partial charge in [0.2, 0.25) is 0 Å². The number of rotatable bonds is 2. The number of aromatic nitrogens is 1. The Morgan fingerprint density at radius 3 is 2.68 bits per heavy atom. The number of carbonyl (C=O) groups excluding carboxylic acids is 1. The molecule has 2 heterocycles. The molecule has 0 spiro atoms. The summed E-state index contributed by atoms with van der Waals surface area (Å²) >= 11 is 0. The van der Waals surface area contributed by atoms with Crippen LogP contribution in [0.25, 0.3) is 0 Å². The van der Waals surface area contributed by atoms with E-state index in [2.05, 4.69) is 4.98 Å². The highest BCUT2D eigenvalue weighted by atomic mass is 16.2. The number of hydrogen-bond acceptors (Lipinski definition) is 4. The zero-order chi connectivity index (χ0) is 13.8. The molecule has 2 rings (SSSR count). The number of likely N-dealkylation sites (tertiary alicyclic amines) is 1. The van der Waals surface area contributed by atoms with Crippen molar-refractivity contribution in [1.29, 1.82) is 5.26 Å². The van der Waals surface area contributed by atoms with E-state index < -0.39 is 0 Å². The van der Waals surface area contributed by atoms with E-state index >= 15 is 0 Å². The molecule has 0 aliphatic carbocycles. The quantitative estimate of drug-likeness (QED) is 0.862. The average molecular weight is 258 g/mol. The van der Waals surface area contributed by atoms with Gasteiger partial charge in [0.05, 0.1) is 5.56 Å². The smallest absolute Gasteiger partial charge is 0.272 e. The molecule has 5 heteroatoms. The Labute approximate surface area is 113 Å². The molecule has 1 aliphatic rings. The van der Waals surface area contributed by atoms with Gasteiger partial charge >= 0.3 is 0 Å². The van der Waals surface area contributed by atoms with Crippen LogP contribution in [-0.4, -0.2) is 34.9 Å². The number of nitriles is 1. The normalized spacial score (nSPS) is 17.8. The van der Waals surface area contributed by atoms with Crippen LogP contribution < -0.4 is 5.73 Å². The molecule has 19 heavy (non-hydrogen) atoms. The third kappa shape index (κ3) is 3.09. The van der Waals surface area contributed by atoms with Crippen molar-refractivity contribution in [3.63, 3.8) is 0 Å². The Hall–Kier alpha value is -1.93. The Balaban J connectivity index is 1.99. The molecule has 1 aromatic rings. The van der Waals surface area contributed by atoms with Gasteiger partial charge in [0.15, 0.2) is 0 Å². The number of pyridine rings is 1. The Bertz CT molecular complexity index is 481. The van der Waals surface area contributed by atoms with Crippen LogP contribution >= 0.6 is 0 Å². The number of nitrogens with two attached hydrogens (primary N) is 1. The largest absolute Gasteiger partial charge is 0.337 e. The number of hydrogen-bond donors (Lipinski definition) is 1. The van der Waals surface area contributed by atoms with E-state index in [4.69, 9.17) is 11.0 Å². The lowest BCUT2D eigenvalue weighted by Gasteiger charge is -2.33. The summed E-state index contributed by atoms with van der Waals surface area (Å²) in [6, 6.07) is 5.40. The fourth-order valence-corrected chi connectivity index (χ4v) is 2.38. The zero-order valence-electron chi connectivity index (χ0n) is 11.0. The van der Waals surface area contributed by atoms with Gasteiger partial charge in [-0.25, -0.2) is 4.98 Å². The van der Waals surface area contributed by atoms with Crippen molar-refractivity contribution in [2.75, 3.05) is 13.1 Å². The van der Waals surface area contributed by atoms with Crippen LogP contribution in [0.1, 0.15) is 35.8 Å². The summed E-state index contributed by atoms with van der Waals surface area (Å²) in [7, 11) is 0.